The molecule has 0 radical (unpaired) electrons. The number of benzene rings is 2. The first-order valence-electron chi connectivity index (χ1n) is 7.08. The van der Waals surface area contributed by atoms with E-state index in [-0.39, 0.29) is 5.69 Å². The Morgan fingerprint density at radius 1 is 1.04 bits per heavy atom. The van der Waals surface area contributed by atoms with Gasteiger partial charge in [-0.25, -0.2) is 4.90 Å². The van der Waals surface area contributed by atoms with E-state index in [2.05, 4.69) is 5.32 Å². The average molecular weight is 327 g/mol. The largest absolute Gasteiger partial charge is 0.495 e. The van der Waals surface area contributed by atoms with Gasteiger partial charge in [0.15, 0.2) is 0 Å². The minimum absolute atomic E-state index is 0.261. The summed E-state index contributed by atoms with van der Waals surface area (Å²) in [5, 5.41) is 2.45. The van der Waals surface area contributed by atoms with Gasteiger partial charge >= 0.3 is 11.8 Å². The van der Waals surface area contributed by atoms with Crippen LogP contribution in [0.3, 0.4) is 0 Å². The molecule has 0 saturated heterocycles. The van der Waals surface area contributed by atoms with Crippen molar-refractivity contribution in [2.45, 2.75) is 6.92 Å². The third-order valence-electron chi connectivity index (χ3n) is 3.22. The van der Waals surface area contributed by atoms with Crippen molar-refractivity contribution in [3.05, 3.63) is 48.5 Å². The fourth-order valence-corrected chi connectivity index (χ4v) is 2.09. The van der Waals surface area contributed by atoms with Gasteiger partial charge in [0.25, 0.3) is 0 Å². The van der Waals surface area contributed by atoms with Crippen LogP contribution < -0.4 is 20.7 Å². The van der Waals surface area contributed by atoms with Gasteiger partial charge in [0, 0.05) is 12.6 Å². The highest BCUT2D eigenvalue weighted by Gasteiger charge is 2.27. The zero-order valence-electron chi connectivity index (χ0n) is 13.3. The van der Waals surface area contributed by atoms with Gasteiger partial charge in [-0.3, -0.25) is 14.4 Å². The lowest BCUT2D eigenvalue weighted by molar-refractivity contribution is -0.136. The number of nitrogens with two attached hydrogens (primary N) is 1. The van der Waals surface area contributed by atoms with Crippen LogP contribution in [-0.4, -0.2) is 24.8 Å². The lowest BCUT2D eigenvalue weighted by atomic mass is 10.2. The molecule has 0 aromatic heterocycles. The summed E-state index contributed by atoms with van der Waals surface area (Å²) in [5.41, 5.74) is 6.66. The molecule has 2 aromatic carbocycles. The van der Waals surface area contributed by atoms with Crippen molar-refractivity contribution >= 4 is 34.8 Å². The Bertz CT molecular complexity index is 772. The van der Waals surface area contributed by atoms with Crippen LogP contribution >= 0.6 is 0 Å². The molecule has 2 aromatic rings. The predicted octanol–water partition coefficient (Wildman–Crippen LogP) is 1.80. The molecule has 0 bridgehead atoms. The normalized spacial score (nSPS) is 9.92. The molecular weight excluding hydrogens is 310 g/mol. The summed E-state index contributed by atoms with van der Waals surface area (Å²) >= 11 is 0. The van der Waals surface area contributed by atoms with Crippen LogP contribution in [0.1, 0.15) is 6.92 Å². The summed E-state index contributed by atoms with van der Waals surface area (Å²) in [4.78, 5) is 37.2. The number of imide groups is 1. The quantitative estimate of drug-likeness (QED) is 0.661. The molecule has 3 amide bonds. The van der Waals surface area contributed by atoms with Gasteiger partial charge in [0.1, 0.15) is 5.75 Å². The van der Waals surface area contributed by atoms with E-state index in [1.807, 2.05) is 0 Å². The molecule has 0 fully saturated rings. The molecule has 0 heterocycles. The maximum absolute atomic E-state index is 12.4. The molecule has 3 N–H and O–H groups in total. The number of nitrogens with one attached hydrogen (secondary N) is 1. The highest BCUT2D eigenvalue weighted by atomic mass is 16.5. The Kier molecular flexibility index (Phi) is 5.16. The van der Waals surface area contributed by atoms with Crippen LogP contribution in [0.25, 0.3) is 0 Å². The Balaban J connectivity index is 2.25. The Morgan fingerprint density at radius 2 is 1.67 bits per heavy atom. The first kappa shape index (κ1) is 17.0. The zero-order valence-corrected chi connectivity index (χ0v) is 13.3. The van der Waals surface area contributed by atoms with E-state index in [0.29, 0.717) is 17.1 Å². The third kappa shape index (κ3) is 3.70. The number of nitrogens with zero attached hydrogens (tertiary/aromatic N) is 1. The van der Waals surface area contributed by atoms with Gasteiger partial charge in [-0.15, -0.1) is 0 Å². The number of methoxy groups -OCH3 is 1. The summed E-state index contributed by atoms with van der Waals surface area (Å²) in [6.07, 6.45) is 0. The summed E-state index contributed by atoms with van der Waals surface area (Å²) in [7, 11) is 1.45. The number of rotatable bonds is 3. The van der Waals surface area contributed by atoms with E-state index in [1.54, 1.807) is 24.3 Å². The minimum atomic E-state index is -1.00. The van der Waals surface area contributed by atoms with Crippen LogP contribution in [0.4, 0.5) is 17.1 Å². The van der Waals surface area contributed by atoms with Gasteiger partial charge in [-0.1, -0.05) is 12.1 Å². The highest BCUT2D eigenvalue weighted by molar-refractivity contribution is 6.48. The van der Waals surface area contributed by atoms with E-state index in [1.165, 1.54) is 38.3 Å². The van der Waals surface area contributed by atoms with Gasteiger partial charge in [-0.05, 0) is 36.4 Å². The lowest BCUT2D eigenvalue weighted by Crippen LogP contribution is -2.42. The van der Waals surface area contributed by atoms with Crippen molar-refractivity contribution in [1.82, 2.24) is 0 Å². The second kappa shape index (κ2) is 7.28. The number of nitrogen functional groups attached to an aromatic ring is 1. The fraction of sp³-hybridized carbons (Fsp3) is 0.118. The van der Waals surface area contributed by atoms with E-state index >= 15 is 0 Å². The number of para-hydroxylation sites is 2. The second-order valence-corrected chi connectivity index (χ2v) is 4.91. The molecule has 0 aliphatic heterocycles. The smallest absolute Gasteiger partial charge is 0.323 e. The third-order valence-corrected chi connectivity index (χ3v) is 3.22. The molecule has 2 rings (SSSR count). The molecule has 24 heavy (non-hydrogen) atoms. The molecule has 0 aliphatic carbocycles. The van der Waals surface area contributed by atoms with Gasteiger partial charge in [0.2, 0.25) is 5.91 Å². The van der Waals surface area contributed by atoms with Crippen LogP contribution in [0, 0.1) is 0 Å². The zero-order chi connectivity index (χ0) is 17.7. The topological polar surface area (TPSA) is 102 Å². The van der Waals surface area contributed by atoms with Crippen molar-refractivity contribution in [2.75, 3.05) is 23.1 Å². The molecule has 0 atom stereocenters. The predicted molar refractivity (Wildman–Crippen MR) is 90.6 cm³/mol. The Hall–Kier alpha value is -3.35. The van der Waals surface area contributed by atoms with Gasteiger partial charge < -0.3 is 15.8 Å². The number of anilines is 3. The first-order chi connectivity index (χ1) is 11.4. The van der Waals surface area contributed by atoms with Crippen molar-refractivity contribution in [3.8, 4) is 5.75 Å². The van der Waals surface area contributed by atoms with E-state index < -0.39 is 17.7 Å². The maximum atomic E-state index is 12.4. The van der Waals surface area contributed by atoms with Gasteiger partial charge in [0.05, 0.1) is 18.5 Å². The van der Waals surface area contributed by atoms with Crippen molar-refractivity contribution in [1.29, 1.82) is 0 Å². The van der Waals surface area contributed by atoms with Crippen molar-refractivity contribution < 1.29 is 19.1 Å². The number of hydrogen-bond donors (Lipinski definition) is 2. The maximum Gasteiger partial charge on any atom is 0.323 e. The number of ether oxygens (including phenoxy) is 1. The molecule has 124 valence electrons. The summed E-state index contributed by atoms with van der Waals surface area (Å²) in [6, 6.07) is 12.7. The van der Waals surface area contributed by atoms with Crippen LogP contribution in [0.15, 0.2) is 48.5 Å². The molecule has 7 nitrogen and oxygen atoms in total. The van der Waals surface area contributed by atoms with Gasteiger partial charge in [-0.2, -0.15) is 0 Å². The minimum Gasteiger partial charge on any atom is -0.495 e. The summed E-state index contributed by atoms with van der Waals surface area (Å²) in [5.74, 6) is -2.13. The number of carbonyl (C=O) groups is 3. The molecule has 0 aliphatic rings. The van der Waals surface area contributed by atoms with Crippen molar-refractivity contribution in [3.63, 3.8) is 0 Å². The van der Waals surface area contributed by atoms with Crippen LogP contribution in [-0.2, 0) is 14.4 Å². The summed E-state index contributed by atoms with van der Waals surface area (Å²) < 4.78 is 5.11. The highest BCUT2D eigenvalue weighted by Crippen LogP contribution is 2.23. The molecule has 7 heteroatoms. The van der Waals surface area contributed by atoms with Crippen LogP contribution in [0.5, 0.6) is 5.75 Å². The van der Waals surface area contributed by atoms with Crippen LogP contribution in [0.2, 0.25) is 0 Å². The number of amides is 3. The van der Waals surface area contributed by atoms with E-state index in [9.17, 15) is 14.4 Å². The Labute approximate surface area is 139 Å². The fourth-order valence-electron chi connectivity index (χ4n) is 2.09. The van der Waals surface area contributed by atoms with E-state index in [4.69, 9.17) is 10.5 Å². The van der Waals surface area contributed by atoms with E-state index in [0.717, 1.165) is 4.90 Å². The van der Waals surface area contributed by atoms with Crippen molar-refractivity contribution in [2.24, 2.45) is 0 Å². The average Bonchev–Trinajstić information content (AvgIpc) is 2.57. The molecule has 0 spiro atoms. The lowest BCUT2D eigenvalue weighted by Gasteiger charge is -2.19. The molecule has 0 saturated carbocycles. The summed E-state index contributed by atoms with van der Waals surface area (Å²) in [6.45, 7) is 1.20. The second-order valence-electron chi connectivity index (χ2n) is 4.91. The number of hydrogen-bond acceptors (Lipinski definition) is 5. The first-order valence-corrected chi connectivity index (χ1v) is 7.08. The standard InChI is InChI=1S/C17H17N3O4/c1-11(21)20(13-9-7-12(18)8-10-13)17(23)16(22)19-14-5-3-4-6-15(14)24-2/h3-10H,18H2,1-2H3,(H,19,22). The number of carbonyl (C=O) groups excluding carboxylic acids is 3. The molecular formula is C17H17N3O4. The Morgan fingerprint density at radius 3 is 2.25 bits per heavy atom. The molecule has 0 unspecified atom stereocenters. The SMILES string of the molecule is COc1ccccc1NC(=O)C(=O)N(C(C)=O)c1ccc(N)cc1. The monoisotopic (exact) mass is 327 g/mol.